The van der Waals surface area contributed by atoms with Crippen molar-refractivity contribution >= 4 is 28.5 Å². The van der Waals surface area contributed by atoms with Gasteiger partial charge >= 0.3 is 5.97 Å². The van der Waals surface area contributed by atoms with Crippen molar-refractivity contribution in [1.82, 2.24) is 0 Å². The third-order valence-electron chi connectivity index (χ3n) is 4.71. The van der Waals surface area contributed by atoms with Crippen LogP contribution >= 0.6 is 0 Å². The van der Waals surface area contributed by atoms with Gasteiger partial charge in [-0.15, -0.1) is 0 Å². The van der Waals surface area contributed by atoms with E-state index >= 15 is 0 Å². The molecule has 1 unspecified atom stereocenters. The highest BCUT2D eigenvalue weighted by Gasteiger charge is 2.26. The van der Waals surface area contributed by atoms with E-state index in [1.807, 2.05) is 45.0 Å². The molecule has 3 rings (SSSR count). The highest BCUT2D eigenvalue weighted by atomic mass is 16.6. The maximum atomic E-state index is 12.8. The highest BCUT2D eigenvalue weighted by molar-refractivity contribution is 6.00. The first-order valence-electron chi connectivity index (χ1n) is 10.1. The summed E-state index contributed by atoms with van der Waals surface area (Å²) >= 11 is 0. The van der Waals surface area contributed by atoms with Gasteiger partial charge in [0.1, 0.15) is 11.3 Å². The first kappa shape index (κ1) is 22.4. The number of carbonyl (C=O) groups is 2. The largest absolute Gasteiger partial charge is 0.495 e. The molecule has 2 aromatic carbocycles. The summed E-state index contributed by atoms with van der Waals surface area (Å²) in [7, 11) is 1.52. The van der Waals surface area contributed by atoms with Crippen LogP contribution in [0.2, 0.25) is 0 Å². The standard InChI is InChI=1S/C24H27NO6/c1-14(2)29-13-18-17-8-6-7-9-20(17)31-22(18)24(27)30-16(4)23(26)25-19-12-15(3)10-11-21(19)28-5/h6-12,14,16H,13H2,1-5H3,(H,25,26). The molecule has 0 aliphatic rings. The monoisotopic (exact) mass is 425 g/mol. The number of hydrogen-bond acceptors (Lipinski definition) is 6. The minimum atomic E-state index is -1.05. The number of ether oxygens (including phenoxy) is 3. The Morgan fingerprint density at radius 2 is 1.84 bits per heavy atom. The Balaban J connectivity index is 1.78. The van der Waals surface area contributed by atoms with Crippen LogP contribution in [-0.2, 0) is 20.9 Å². The Morgan fingerprint density at radius 3 is 2.55 bits per heavy atom. The van der Waals surface area contributed by atoms with Crippen LogP contribution in [0.25, 0.3) is 11.0 Å². The normalized spacial score (nSPS) is 12.1. The topological polar surface area (TPSA) is 87.0 Å². The quantitative estimate of drug-likeness (QED) is 0.519. The maximum absolute atomic E-state index is 12.8. The minimum absolute atomic E-state index is 0.0217. The Morgan fingerprint density at radius 1 is 1.10 bits per heavy atom. The fourth-order valence-electron chi connectivity index (χ4n) is 3.08. The number of anilines is 1. The van der Waals surface area contributed by atoms with Crippen molar-refractivity contribution < 1.29 is 28.2 Å². The molecule has 0 saturated carbocycles. The van der Waals surface area contributed by atoms with Gasteiger partial charge in [0.15, 0.2) is 6.10 Å². The van der Waals surface area contributed by atoms with Crippen molar-refractivity contribution in [3.63, 3.8) is 0 Å². The summed E-state index contributed by atoms with van der Waals surface area (Å²) in [5.74, 6) is -0.650. The van der Waals surface area contributed by atoms with E-state index in [1.165, 1.54) is 14.0 Å². The molecule has 0 bridgehead atoms. The molecule has 0 saturated heterocycles. The van der Waals surface area contributed by atoms with Crippen LogP contribution in [-0.4, -0.2) is 31.2 Å². The number of fused-ring (bicyclic) bond motifs is 1. The summed E-state index contributed by atoms with van der Waals surface area (Å²) in [5.41, 5.74) is 2.61. The number of carbonyl (C=O) groups excluding carboxylic acids is 2. The van der Waals surface area contributed by atoms with Gasteiger partial charge in [-0.2, -0.15) is 0 Å². The Hall–Kier alpha value is -3.32. The second-order valence-corrected chi connectivity index (χ2v) is 7.51. The lowest BCUT2D eigenvalue weighted by molar-refractivity contribution is -0.123. The van der Waals surface area contributed by atoms with E-state index in [2.05, 4.69) is 5.32 Å². The Labute approximate surface area is 181 Å². The van der Waals surface area contributed by atoms with Crippen molar-refractivity contribution in [1.29, 1.82) is 0 Å². The molecule has 3 aromatic rings. The van der Waals surface area contributed by atoms with Crippen LogP contribution in [0.1, 0.15) is 42.5 Å². The van der Waals surface area contributed by atoms with Crippen molar-refractivity contribution in [3.05, 3.63) is 59.4 Å². The molecule has 1 amide bonds. The average molecular weight is 425 g/mol. The van der Waals surface area contributed by atoms with Crippen molar-refractivity contribution in [2.45, 2.75) is 46.5 Å². The molecule has 31 heavy (non-hydrogen) atoms. The average Bonchev–Trinajstić information content (AvgIpc) is 3.11. The number of aryl methyl sites for hydroxylation is 1. The van der Waals surface area contributed by atoms with Crippen LogP contribution < -0.4 is 10.1 Å². The molecule has 1 N–H and O–H groups in total. The van der Waals surface area contributed by atoms with Gasteiger partial charge in [-0.25, -0.2) is 4.79 Å². The number of furan rings is 1. The van der Waals surface area contributed by atoms with Gasteiger partial charge in [0, 0.05) is 10.9 Å². The number of benzene rings is 2. The van der Waals surface area contributed by atoms with Gasteiger partial charge in [0.05, 0.1) is 25.5 Å². The van der Waals surface area contributed by atoms with Gasteiger partial charge in [-0.1, -0.05) is 24.3 Å². The third-order valence-corrected chi connectivity index (χ3v) is 4.71. The van der Waals surface area contributed by atoms with Crippen LogP contribution in [0.3, 0.4) is 0 Å². The number of methoxy groups -OCH3 is 1. The fraction of sp³-hybridized carbons (Fsp3) is 0.333. The SMILES string of the molecule is COc1ccc(C)cc1NC(=O)C(C)OC(=O)c1oc2ccccc2c1COC(C)C. The maximum Gasteiger partial charge on any atom is 0.375 e. The van der Waals surface area contributed by atoms with E-state index in [0.717, 1.165) is 10.9 Å². The number of nitrogens with one attached hydrogen (secondary N) is 1. The van der Waals surface area contributed by atoms with Crippen molar-refractivity contribution in [3.8, 4) is 5.75 Å². The summed E-state index contributed by atoms with van der Waals surface area (Å²) in [4.78, 5) is 25.5. The van der Waals surface area contributed by atoms with E-state index in [-0.39, 0.29) is 18.5 Å². The second-order valence-electron chi connectivity index (χ2n) is 7.51. The second kappa shape index (κ2) is 9.66. The summed E-state index contributed by atoms with van der Waals surface area (Å²) < 4.78 is 22.1. The van der Waals surface area contributed by atoms with Crippen molar-refractivity contribution in [2.24, 2.45) is 0 Å². The Kier molecular flexibility index (Phi) is 6.97. The molecule has 1 atom stereocenters. The molecule has 7 nitrogen and oxygen atoms in total. The fourth-order valence-corrected chi connectivity index (χ4v) is 3.08. The van der Waals surface area contributed by atoms with E-state index in [1.54, 1.807) is 18.2 Å². The molecule has 7 heteroatoms. The van der Waals surface area contributed by atoms with Crippen molar-refractivity contribution in [2.75, 3.05) is 12.4 Å². The molecule has 0 aliphatic heterocycles. The molecule has 1 aromatic heterocycles. The number of esters is 1. The molecular weight excluding hydrogens is 398 g/mol. The zero-order valence-electron chi connectivity index (χ0n) is 18.4. The molecule has 0 fully saturated rings. The lowest BCUT2D eigenvalue weighted by Gasteiger charge is -2.15. The zero-order chi connectivity index (χ0) is 22.5. The molecule has 164 valence electrons. The van der Waals surface area contributed by atoms with E-state index in [9.17, 15) is 9.59 Å². The minimum Gasteiger partial charge on any atom is -0.495 e. The predicted molar refractivity (Wildman–Crippen MR) is 117 cm³/mol. The van der Waals surface area contributed by atoms with Gasteiger partial charge in [0.25, 0.3) is 5.91 Å². The Bertz CT molecular complexity index is 1080. The molecular formula is C24H27NO6. The molecule has 0 spiro atoms. The van der Waals surface area contributed by atoms with Gasteiger partial charge in [0.2, 0.25) is 5.76 Å². The first-order valence-corrected chi connectivity index (χ1v) is 10.1. The zero-order valence-corrected chi connectivity index (χ0v) is 18.4. The van der Waals surface area contributed by atoms with Crippen LogP contribution in [0.15, 0.2) is 46.9 Å². The van der Waals surface area contributed by atoms with Gasteiger partial charge in [-0.3, -0.25) is 4.79 Å². The van der Waals surface area contributed by atoms with Gasteiger partial charge in [-0.05, 0) is 51.5 Å². The predicted octanol–water partition coefficient (Wildman–Crippen LogP) is 4.86. The van der Waals surface area contributed by atoms with Gasteiger partial charge < -0.3 is 23.9 Å². The summed E-state index contributed by atoms with van der Waals surface area (Å²) in [6, 6.07) is 12.7. The molecule has 1 heterocycles. The van der Waals surface area contributed by atoms with E-state index < -0.39 is 18.0 Å². The third kappa shape index (κ3) is 5.24. The lowest BCUT2D eigenvalue weighted by atomic mass is 10.1. The highest BCUT2D eigenvalue weighted by Crippen LogP contribution is 2.28. The van der Waals surface area contributed by atoms with Crippen LogP contribution in [0.5, 0.6) is 5.75 Å². The lowest BCUT2D eigenvalue weighted by Crippen LogP contribution is -2.30. The number of para-hydroxylation sites is 1. The van der Waals surface area contributed by atoms with Crippen LogP contribution in [0, 0.1) is 6.92 Å². The van der Waals surface area contributed by atoms with E-state index in [0.29, 0.717) is 22.6 Å². The first-order chi connectivity index (χ1) is 14.8. The number of hydrogen-bond donors (Lipinski definition) is 1. The van der Waals surface area contributed by atoms with Crippen LogP contribution in [0.4, 0.5) is 5.69 Å². The smallest absolute Gasteiger partial charge is 0.375 e. The van der Waals surface area contributed by atoms with E-state index in [4.69, 9.17) is 18.6 Å². The molecule has 0 radical (unpaired) electrons. The number of rotatable bonds is 8. The summed E-state index contributed by atoms with van der Waals surface area (Å²) in [5, 5.41) is 3.52. The molecule has 0 aliphatic carbocycles. The summed E-state index contributed by atoms with van der Waals surface area (Å²) in [6.45, 7) is 7.42. The summed E-state index contributed by atoms with van der Waals surface area (Å²) in [6.07, 6.45) is -1.07. The number of amides is 1.